The number of thiazole rings is 1. The van der Waals surface area contributed by atoms with Crippen molar-refractivity contribution in [3.05, 3.63) is 39.8 Å². The predicted molar refractivity (Wildman–Crippen MR) is 75.0 cm³/mol. The fourth-order valence-corrected chi connectivity index (χ4v) is 2.59. The number of hydrogen-bond acceptors (Lipinski definition) is 3. The van der Waals surface area contributed by atoms with Crippen LogP contribution in [0.15, 0.2) is 34.2 Å². The van der Waals surface area contributed by atoms with Gasteiger partial charge in [-0.05, 0) is 46.0 Å². The van der Waals surface area contributed by atoms with Gasteiger partial charge >= 0.3 is 0 Å². The first-order valence-corrected chi connectivity index (χ1v) is 7.25. The number of hydrogen-bond donors (Lipinski definition) is 0. The number of nitrogens with zero attached hydrogens (tertiary/aromatic N) is 1. The van der Waals surface area contributed by atoms with E-state index in [0.29, 0.717) is 11.1 Å². The maximum absolute atomic E-state index is 5.64. The second-order valence-electron chi connectivity index (χ2n) is 3.92. The zero-order valence-corrected chi connectivity index (χ0v) is 12.2. The first kappa shape index (κ1) is 12.6. The van der Waals surface area contributed by atoms with Crippen molar-refractivity contribution in [3.63, 3.8) is 0 Å². The predicted octanol–water partition coefficient (Wildman–Crippen LogP) is 5.21. The summed E-state index contributed by atoms with van der Waals surface area (Å²) in [6, 6.07) is 8.23. The lowest BCUT2D eigenvalue weighted by Crippen LogP contribution is -1.91. The van der Waals surface area contributed by atoms with Gasteiger partial charge in [0.25, 0.3) is 5.19 Å². The minimum Gasteiger partial charge on any atom is -0.431 e. The van der Waals surface area contributed by atoms with E-state index in [2.05, 4.69) is 46.9 Å². The van der Waals surface area contributed by atoms with Gasteiger partial charge in [-0.2, -0.15) is 4.98 Å². The molecule has 0 fully saturated rings. The van der Waals surface area contributed by atoms with Crippen molar-refractivity contribution in [1.29, 1.82) is 0 Å². The highest BCUT2D eigenvalue weighted by Gasteiger charge is 2.05. The third kappa shape index (κ3) is 3.30. The molecule has 0 aliphatic rings. The van der Waals surface area contributed by atoms with Gasteiger partial charge in [-0.1, -0.05) is 37.3 Å². The van der Waals surface area contributed by atoms with Crippen molar-refractivity contribution in [2.24, 2.45) is 0 Å². The van der Waals surface area contributed by atoms with Crippen LogP contribution in [0.3, 0.4) is 0 Å². The molecule has 2 nitrogen and oxygen atoms in total. The molecule has 1 atom stereocenters. The number of aromatic nitrogens is 1. The van der Waals surface area contributed by atoms with Gasteiger partial charge in [0.05, 0.1) is 0 Å². The zero-order valence-electron chi connectivity index (χ0n) is 9.81. The quantitative estimate of drug-likeness (QED) is 0.773. The SMILES string of the molecule is CCC(C)c1ccc(Oc2nc(Br)cs2)cc1. The second kappa shape index (κ2) is 5.65. The Morgan fingerprint density at radius 3 is 2.59 bits per heavy atom. The molecule has 17 heavy (non-hydrogen) atoms. The number of benzene rings is 1. The molecule has 0 N–H and O–H groups in total. The summed E-state index contributed by atoms with van der Waals surface area (Å²) < 4.78 is 6.46. The summed E-state index contributed by atoms with van der Waals surface area (Å²) in [7, 11) is 0. The molecule has 2 aromatic rings. The van der Waals surface area contributed by atoms with Gasteiger partial charge in [0.1, 0.15) is 10.4 Å². The first-order valence-electron chi connectivity index (χ1n) is 5.58. The summed E-state index contributed by atoms with van der Waals surface area (Å²) >= 11 is 4.78. The van der Waals surface area contributed by atoms with E-state index in [-0.39, 0.29) is 0 Å². The second-order valence-corrected chi connectivity index (χ2v) is 5.55. The van der Waals surface area contributed by atoms with Crippen LogP contribution < -0.4 is 4.74 Å². The van der Waals surface area contributed by atoms with Gasteiger partial charge in [-0.3, -0.25) is 0 Å². The van der Waals surface area contributed by atoms with E-state index in [1.54, 1.807) is 0 Å². The van der Waals surface area contributed by atoms with Crippen molar-refractivity contribution >= 4 is 27.3 Å². The minimum atomic E-state index is 0.595. The van der Waals surface area contributed by atoms with E-state index in [1.165, 1.54) is 16.9 Å². The van der Waals surface area contributed by atoms with Crippen molar-refractivity contribution in [3.8, 4) is 10.9 Å². The normalized spacial score (nSPS) is 12.4. The first-order chi connectivity index (χ1) is 8.19. The maximum atomic E-state index is 5.64. The Labute approximate surface area is 114 Å². The lowest BCUT2D eigenvalue weighted by atomic mass is 9.99. The van der Waals surface area contributed by atoms with E-state index >= 15 is 0 Å². The van der Waals surface area contributed by atoms with Gasteiger partial charge in [-0.15, -0.1) is 0 Å². The molecular weight excluding hydrogens is 298 g/mol. The van der Waals surface area contributed by atoms with Crippen LogP contribution in [0.5, 0.6) is 10.9 Å². The summed E-state index contributed by atoms with van der Waals surface area (Å²) in [5, 5.41) is 2.57. The zero-order chi connectivity index (χ0) is 12.3. The average molecular weight is 312 g/mol. The average Bonchev–Trinajstić information content (AvgIpc) is 2.75. The smallest absolute Gasteiger partial charge is 0.279 e. The summed E-state index contributed by atoms with van der Waals surface area (Å²) in [5.41, 5.74) is 1.35. The Hall–Kier alpha value is -0.870. The number of ether oxygens (including phenoxy) is 1. The molecule has 0 spiro atoms. The lowest BCUT2D eigenvalue weighted by molar-refractivity contribution is 0.477. The minimum absolute atomic E-state index is 0.595. The summed E-state index contributed by atoms with van der Waals surface area (Å²) in [6.45, 7) is 4.43. The van der Waals surface area contributed by atoms with E-state index < -0.39 is 0 Å². The molecule has 0 saturated carbocycles. The van der Waals surface area contributed by atoms with Gasteiger partial charge in [0.2, 0.25) is 0 Å². The van der Waals surface area contributed by atoms with Crippen LogP contribution >= 0.6 is 27.3 Å². The molecule has 0 saturated heterocycles. The largest absolute Gasteiger partial charge is 0.431 e. The third-order valence-electron chi connectivity index (χ3n) is 2.72. The van der Waals surface area contributed by atoms with Gasteiger partial charge in [0, 0.05) is 5.38 Å². The van der Waals surface area contributed by atoms with Crippen molar-refractivity contribution in [1.82, 2.24) is 4.98 Å². The monoisotopic (exact) mass is 311 g/mol. The van der Waals surface area contributed by atoms with Crippen LogP contribution in [0.4, 0.5) is 0 Å². The van der Waals surface area contributed by atoms with Crippen LogP contribution in [0, 0.1) is 0 Å². The van der Waals surface area contributed by atoms with Crippen LogP contribution in [-0.2, 0) is 0 Å². The van der Waals surface area contributed by atoms with Gasteiger partial charge in [0.15, 0.2) is 0 Å². The third-order valence-corrected chi connectivity index (χ3v) is 4.15. The van der Waals surface area contributed by atoms with Crippen LogP contribution in [0.2, 0.25) is 0 Å². The molecule has 0 radical (unpaired) electrons. The molecule has 1 aromatic carbocycles. The highest BCUT2D eigenvalue weighted by Crippen LogP contribution is 2.28. The summed E-state index contributed by atoms with van der Waals surface area (Å²) in [4.78, 5) is 4.19. The molecule has 4 heteroatoms. The molecule has 0 bridgehead atoms. The summed E-state index contributed by atoms with van der Waals surface area (Å²) in [5.74, 6) is 1.43. The standard InChI is InChI=1S/C13H14BrNOS/c1-3-9(2)10-4-6-11(7-5-10)16-13-15-12(14)8-17-13/h4-9H,3H2,1-2H3. The Balaban J connectivity index is 2.08. The molecule has 1 aromatic heterocycles. The highest BCUT2D eigenvalue weighted by atomic mass is 79.9. The van der Waals surface area contributed by atoms with E-state index in [0.717, 1.165) is 16.8 Å². The molecule has 0 aliphatic heterocycles. The number of rotatable bonds is 4. The van der Waals surface area contributed by atoms with Gasteiger partial charge in [-0.25, -0.2) is 0 Å². The van der Waals surface area contributed by atoms with E-state index in [1.807, 2.05) is 17.5 Å². The highest BCUT2D eigenvalue weighted by molar-refractivity contribution is 9.10. The molecular formula is C13H14BrNOS. The fraction of sp³-hybridized carbons (Fsp3) is 0.308. The van der Waals surface area contributed by atoms with Crippen molar-refractivity contribution < 1.29 is 4.74 Å². The Morgan fingerprint density at radius 1 is 1.35 bits per heavy atom. The Morgan fingerprint density at radius 2 is 2.06 bits per heavy atom. The van der Waals surface area contributed by atoms with Crippen LogP contribution in [0.25, 0.3) is 0 Å². The van der Waals surface area contributed by atoms with E-state index in [4.69, 9.17) is 4.74 Å². The molecule has 2 rings (SSSR count). The molecule has 1 heterocycles. The van der Waals surface area contributed by atoms with Crippen molar-refractivity contribution in [2.75, 3.05) is 0 Å². The lowest BCUT2D eigenvalue weighted by Gasteiger charge is -2.09. The van der Waals surface area contributed by atoms with Crippen molar-refractivity contribution in [2.45, 2.75) is 26.2 Å². The fourth-order valence-electron chi connectivity index (χ4n) is 1.49. The molecule has 0 amide bonds. The Bertz CT molecular complexity index is 480. The number of halogens is 1. The maximum Gasteiger partial charge on any atom is 0.279 e. The van der Waals surface area contributed by atoms with Crippen LogP contribution in [0.1, 0.15) is 31.7 Å². The van der Waals surface area contributed by atoms with E-state index in [9.17, 15) is 0 Å². The Kier molecular flexibility index (Phi) is 4.18. The van der Waals surface area contributed by atoms with Crippen LogP contribution in [-0.4, -0.2) is 4.98 Å². The molecule has 0 aliphatic carbocycles. The molecule has 90 valence electrons. The summed E-state index contributed by atoms with van der Waals surface area (Å²) in [6.07, 6.45) is 1.15. The topological polar surface area (TPSA) is 22.1 Å². The molecule has 1 unspecified atom stereocenters. The van der Waals surface area contributed by atoms with Gasteiger partial charge < -0.3 is 4.74 Å².